The molecule has 30 heavy (non-hydrogen) atoms. The van der Waals surface area contributed by atoms with Crippen molar-refractivity contribution in [3.63, 3.8) is 0 Å². The molecular weight excluding hydrogens is 404 g/mol. The van der Waals surface area contributed by atoms with Gasteiger partial charge in [-0.3, -0.25) is 14.5 Å². The fourth-order valence-electron chi connectivity index (χ4n) is 3.07. The first-order chi connectivity index (χ1) is 14.5. The average molecular weight is 422 g/mol. The minimum Gasteiger partial charge on any atom is -0.497 e. The number of anilines is 1. The van der Waals surface area contributed by atoms with E-state index in [1.54, 1.807) is 35.9 Å². The van der Waals surface area contributed by atoms with Gasteiger partial charge in [0.2, 0.25) is 5.91 Å². The summed E-state index contributed by atoms with van der Waals surface area (Å²) >= 11 is 5.32. The van der Waals surface area contributed by atoms with Gasteiger partial charge in [0.05, 0.1) is 7.11 Å². The lowest BCUT2D eigenvalue weighted by Crippen LogP contribution is -2.15. The molecule has 0 atom stereocenters. The minimum atomic E-state index is -0.413. The largest absolute Gasteiger partial charge is 0.497 e. The lowest BCUT2D eigenvalue weighted by atomic mass is 10.2. The van der Waals surface area contributed by atoms with Crippen LogP contribution in [0.1, 0.15) is 6.42 Å². The second-order valence-electron chi connectivity index (χ2n) is 6.54. The maximum atomic E-state index is 12.5. The van der Waals surface area contributed by atoms with Gasteiger partial charge >= 0.3 is 5.63 Å². The van der Waals surface area contributed by atoms with E-state index in [9.17, 15) is 9.59 Å². The Balaban J connectivity index is 1.46. The second-order valence-corrected chi connectivity index (χ2v) is 6.92. The van der Waals surface area contributed by atoms with Crippen molar-refractivity contribution in [2.45, 2.75) is 13.0 Å². The highest BCUT2D eigenvalue weighted by Crippen LogP contribution is 2.22. The smallest absolute Gasteiger partial charge is 0.336 e. The standard InChI is InChI=1S/C21H18N4O4S/c1-28-16-6-2-13(3-7-16)20-23-24-21(30)25(20)11-10-18(26)22-15-5-8-17-14(12-15)4-9-19(27)29-17/h2-9,12H,10-11H2,1H3,(H,22,26)(H,24,30). The number of H-pyrrole nitrogens is 1. The second kappa shape index (κ2) is 8.34. The summed E-state index contributed by atoms with van der Waals surface area (Å²) in [5, 5.41) is 10.6. The number of carbonyl (C=O) groups is 1. The number of rotatable bonds is 6. The molecule has 0 spiro atoms. The number of nitrogens with one attached hydrogen (secondary N) is 2. The SMILES string of the molecule is COc1ccc(-c2n[nH]c(=S)n2CCC(=O)Nc2ccc3oc(=O)ccc3c2)cc1. The summed E-state index contributed by atoms with van der Waals surface area (Å²) in [6, 6.07) is 15.5. The lowest BCUT2D eigenvalue weighted by Gasteiger charge is -2.09. The Bertz CT molecular complexity index is 1320. The molecule has 0 unspecified atom stereocenters. The van der Waals surface area contributed by atoms with Crippen LogP contribution < -0.4 is 15.7 Å². The number of aromatic nitrogens is 3. The molecule has 2 heterocycles. The number of aromatic amines is 1. The summed E-state index contributed by atoms with van der Waals surface area (Å²) < 4.78 is 12.5. The van der Waals surface area contributed by atoms with Gasteiger partial charge in [0.15, 0.2) is 10.6 Å². The van der Waals surface area contributed by atoms with Gasteiger partial charge < -0.3 is 14.5 Å². The molecule has 8 nitrogen and oxygen atoms in total. The van der Waals surface area contributed by atoms with Crippen molar-refractivity contribution in [1.29, 1.82) is 0 Å². The molecule has 0 saturated carbocycles. The molecule has 4 aromatic rings. The van der Waals surface area contributed by atoms with Crippen molar-refractivity contribution in [3.8, 4) is 17.1 Å². The van der Waals surface area contributed by atoms with Crippen LogP contribution in [0, 0.1) is 4.77 Å². The Kier molecular flexibility index (Phi) is 5.44. The van der Waals surface area contributed by atoms with E-state index < -0.39 is 5.63 Å². The zero-order valence-electron chi connectivity index (χ0n) is 16.0. The Hall–Kier alpha value is -3.72. The van der Waals surface area contributed by atoms with E-state index in [0.29, 0.717) is 28.4 Å². The average Bonchev–Trinajstić information content (AvgIpc) is 3.12. The molecule has 2 N–H and O–H groups in total. The molecule has 0 radical (unpaired) electrons. The molecule has 0 bridgehead atoms. The number of methoxy groups -OCH3 is 1. The molecule has 0 saturated heterocycles. The van der Waals surface area contributed by atoms with E-state index in [0.717, 1.165) is 16.7 Å². The number of hydrogen-bond donors (Lipinski definition) is 2. The summed E-state index contributed by atoms with van der Waals surface area (Å²) in [6.45, 7) is 0.366. The van der Waals surface area contributed by atoms with Gasteiger partial charge in [0, 0.05) is 35.7 Å². The number of ether oxygens (including phenoxy) is 1. The molecule has 2 aromatic heterocycles. The highest BCUT2D eigenvalue weighted by molar-refractivity contribution is 7.71. The normalized spacial score (nSPS) is 10.8. The van der Waals surface area contributed by atoms with Crippen molar-refractivity contribution in [2.24, 2.45) is 0 Å². The van der Waals surface area contributed by atoms with Gasteiger partial charge in [-0.1, -0.05) is 0 Å². The third-order valence-electron chi connectivity index (χ3n) is 4.57. The predicted molar refractivity (Wildman–Crippen MR) is 115 cm³/mol. The van der Waals surface area contributed by atoms with Crippen LogP contribution in [-0.2, 0) is 11.3 Å². The molecule has 4 rings (SSSR count). The Morgan fingerprint density at radius 3 is 2.77 bits per heavy atom. The van der Waals surface area contributed by atoms with Crippen molar-refractivity contribution in [3.05, 3.63) is 69.8 Å². The molecular formula is C21H18N4O4S. The number of carbonyl (C=O) groups excluding carboxylic acids is 1. The van der Waals surface area contributed by atoms with E-state index in [4.69, 9.17) is 21.4 Å². The third kappa shape index (κ3) is 4.15. The molecule has 0 aliphatic carbocycles. The molecule has 9 heteroatoms. The summed E-state index contributed by atoms with van der Waals surface area (Å²) in [7, 11) is 1.61. The molecule has 1 amide bonds. The van der Waals surface area contributed by atoms with Crippen molar-refractivity contribution in [2.75, 3.05) is 12.4 Å². The van der Waals surface area contributed by atoms with E-state index >= 15 is 0 Å². The van der Waals surface area contributed by atoms with Gasteiger partial charge in [-0.05, 0) is 60.7 Å². The fraction of sp³-hybridized carbons (Fsp3) is 0.143. The van der Waals surface area contributed by atoms with Gasteiger partial charge in [-0.2, -0.15) is 5.10 Å². The Morgan fingerprint density at radius 2 is 2.00 bits per heavy atom. The van der Waals surface area contributed by atoms with E-state index in [1.807, 2.05) is 24.3 Å². The van der Waals surface area contributed by atoms with Crippen LogP contribution in [0.15, 0.2) is 63.8 Å². The minimum absolute atomic E-state index is 0.171. The first kappa shape index (κ1) is 19.6. The highest BCUT2D eigenvalue weighted by atomic mass is 32.1. The van der Waals surface area contributed by atoms with Gasteiger partial charge in [-0.25, -0.2) is 4.79 Å². The molecule has 152 valence electrons. The lowest BCUT2D eigenvalue weighted by molar-refractivity contribution is -0.116. The van der Waals surface area contributed by atoms with Crippen LogP contribution in [0.4, 0.5) is 5.69 Å². The first-order valence-electron chi connectivity index (χ1n) is 9.17. The number of hydrogen-bond acceptors (Lipinski definition) is 6. The monoisotopic (exact) mass is 422 g/mol. The molecule has 0 aliphatic heterocycles. The number of fused-ring (bicyclic) bond motifs is 1. The van der Waals surface area contributed by atoms with Crippen LogP contribution in [0.2, 0.25) is 0 Å². The van der Waals surface area contributed by atoms with Crippen molar-refractivity contribution >= 4 is 34.8 Å². The number of amides is 1. The molecule has 0 fully saturated rings. The number of benzene rings is 2. The van der Waals surface area contributed by atoms with Crippen LogP contribution in [0.25, 0.3) is 22.4 Å². The maximum absolute atomic E-state index is 12.5. The topological polar surface area (TPSA) is 102 Å². The first-order valence-corrected chi connectivity index (χ1v) is 9.58. The van der Waals surface area contributed by atoms with Crippen molar-refractivity contribution in [1.82, 2.24) is 14.8 Å². The third-order valence-corrected chi connectivity index (χ3v) is 4.88. The molecule has 0 aliphatic rings. The van der Waals surface area contributed by atoms with Crippen LogP contribution in [0.5, 0.6) is 5.75 Å². The van der Waals surface area contributed by atoms with Gasteiger partial charge in [0.25, 0.3) is 0 Å². The zero-order chi connectivity index (χ0) is 21.1. The Morgan fingerprint density at radius 1 is 1.20 bits per heavy atom. The maximum Gasteiger partial charge on any atom is 0.336 e. The van der Waals surface area contributed by atoms with E-state index in [1.165, 1.54) is 6.07 Å². The quantitative estimate of drug-likeness (QED) is 0.362. The van der Waals surface area contributed by atoms with Gasteiger partial charge in [0.1, 0.15) is 11.3 Å². The molecule has 2 aromatic carbocycles. The van der Waals surface area contributed by atoms with E-state index in [2.05, 4.69) is 15.5 Å². The van der Waals surface area contributed by atoms with Crippen LogP contribution in [-0.4, -0.2) is 27.8 Å². The summed E-state index contributed by atoms with van der Waals surface area (Å²) in [5.74, 6) is 1.22. The Labute approximate surface area is 176 Å². The summed E-state index contributed by atoms with van der Waals surface area (Å²) in [4.78, 5) is 23.7. The zero-order valence-corrected chi connectivity index (χ0v) is 16.9. The van der Waals surface area contributed by atoms with Gasteiger partial charge in [-0.15, -0.1) is 0 Å². The van der Waals surface area contributed by atoms with E-state index in [-0.39, 0.29) is 12.3 Å². The highest BCUT2D eigenvalue weighted by Gasteiger charge is 2.11. The van der Waals surface area contributed by atoms with Crippen LogP contribution >= 0.6 is 12.2 Å². The number of nitrogens with zero attached hydrogens (tertiary/aromatic N) is 2. The predicted octanol–water partition coefficient (Wildman–Crippen LogP) is 3.75. The fourth-order valence-corrected chi connectivity index (χ4v) is 3.30. The summed E-state index contributed by atoms with van der Waals surface area (Å²) in [5.41, 5.74) is 1.53. The van der Waals surface area contributed by atoms with Crippen molar-refractivity contribution < 1.29 is 13.9 Å². The van der Waals surface area contributed by atoms with Crippen LogP contribution in [0.3, 0.4) is 0 Å². The summed E-state index contributed by atoms with van der Waals surface area (Å²) in [6.07, 6.45) is 0.207.